The number of rotatable bonds is 4. The van der Waals surface area contributed by atoms with Crippen molar-refractivity contribution in [3.8, 4) is 11.3 Å². The standard InChI is InChI=1S/C18H17ClN2O2S/c1-11-8-9-24-15(11)10-21(3)18(22)16-12(2)23-20-17(16)13-6-4-5-7-14(13)19/h4-9H,10H2,1-3H3. The van der Waals surface area contributed by atoms with Gasteiger partial charge in [0.05, 0.1) is 11.6 Å². The highest BCUT2D eigenvalue weighted by Gasteiger charge is 2.25. The summed E-state index contributed by atoms with van der Waals surface area (Å²) in [7, 11) is 1.78. The van der Waals surface area contributed by atoms with Gasteiger partial charge in [-0.2, -0.15) is 0 Å². The first-order valence-corrected chi connectivity index (χ1v) is 8.74. The van der Waals surface area contributed by atoms with E-state index in [1.807, 2.05) is 30.5 Å². The van der Waals surface area contributed by atoms with Gasteiger partial charge in [0.2, 0.25) is 0 Å². The molecule has 0 fully saturated rings. The first-order chi connectivity index (χ1) is 11.5. The maximum atomic E-state index is 13.0. The molecular weight excluding hydrogens is 344 g/mol. The minimum atomic E-state index is -0.128. The van der Waals surface area contributed by atoms with Gasteiger partial charge >= 0.3 is 0 Å². The van der Waals surface area contributed by atoms with Gasteiger partial charge in [0, 0.05) is 17.5 Å². The number of amides is 1. The van der Waals surface area contributed by atoms with Crippen LogP contribution in [0.3, 0.4) is 0 Å². The zero-order valence-electron chi connectivity index (χ0n) is 13.7. The second kappa shape index (κ2) is 6.79. The van der Waals surface area contributed by atoms with Crippen LogP contribution in [0.15, 0.2) is 40.2 Å². The van der Waals surface area contributed by atoms with Crippen molar-refractivity contribution < 1.29 is 9.32 Å². The topological polar surface area (TPSA) is 46.3 Å². The first kappa shape index (κ1) is 16.7. The van der Waals surface area contributed by atoms with E-state index in [4.69, 9.17) is 16.1 Å². The van der Waals surface area contributed by atoms with E-state index in [1.54, 1.807) is 36.3 Å². The van der Waals surface area contributed by atoms with Gasteiger partial charge in [-0.1, -0.05) is 35.0 Å². The quantitative estimate of drug-likeness (QED) is 0.661. The molecule has 0 radical (unpaired) electrons. The number of aromatic nitrogens is 1. The molecule has 0 aliphatic heterocycles. The van der Waals surface area contributed by atoms with Crippen molar-refractivity contribution in [1.29, 1.82) is 0 Å². The number of thiophene rings is 1. The number of benzene rings is 1. The maximum Gasteiger partial charge on any atom is 0.259 e. The second-order valence-corrected chi connectivity index (χ2v) is 7.04. The van der Waals surface area contributed by atoms with Crippen LogP contribution >= 0.6 is 22.9 Å². The normalized spacial score (nSPS) is 10.8. The monoisotopic (exact) mass is 360 g/mol. The molecule has 6 heteroatoms. The molecule has 0 atom stereocenters. The Morgan fingerprint density at radius 3 is 2.71 bits per heavy atom. The molecule has 1 aromatic carbocycles. The number of carbonyl (C=O) groups excluding carboxylic acids is 1. The van der Waals surface area contributed by atoms with Gasteiger partial charge in [-0.15, -0.1) is 11.3 Å². The van der Waals surface area contributed by atoms with Crippen LogP contribution < -0.4 is 0 Å². The summed E-state index contributed by atoms with van der Waals surface area (Å²) in [6.07, 6.45) is 0. The fourth-order valence-corrected chi connectivity index (χ4v) is 3.69. The van der Waals surface area contributed by atoms with E-state index in [0.29, 0.717) is 34.1 Å². The Kier molecular flexibility index (Phi) is 4.73. The van der Waals surface area contributed by atoms with E-state index < -0.39 is 0 Å². The molecule has 2 heterocycles. The molecule has 1 amide bonds. The predicted molar refractivity (Wildman–Crippen MR) is 96.5 cm³/mol. The molecule has 2 aromatic heterocycles. The Morgan fingerprint density at radius 1 is 1.29 bits per heavy atom. The lowest BCUT2D eigenvalue weighted by Crippen LogP contribution is -2.26. The number of halogens is 1. The van der Waals surface area contributed by atoms with E-state index in [9.17, 15) is 4.79 Å². The van der Waals surface area contributed by atoms with Crippen molar-refractivity contribution in [2.24, 2.45) is 0 Å². The van der Waals surface area contributed by atoms with Gasteiger partial charge in [0.25, 0.3) is 5.91 Å². The summed E-state index contributed by atoms with van der Waals surface area (Å²) in [6, 6.07) is 9.36. The molecule has 3 rings (SSSR count). The minimum absolute atomic E-state index is 0.128. The number of hydrogen-bond acceptors (Lipinski definition) is 4. The van der Waals surface area contributed by atoms with E-state index in [1.165, 1.54) is 10.4 Å². The third-order valence-electron chi connectivity index (χ3n) is 3.90. The minimum Gasteiger partial charge on any atom is -0.360 e. The lowest BCUT2D eigenvalue weighted by atomic mass is 10.1. The van der Waals surface area contributed by atoms with E-state index >= 15 is 0 Å². The van der Waals surface area contributed by atoms with Gasteiger partial charge in [-0.05, 0) is 36.9 Å². The molecule has 0 saturated heterocycles. The molecule has 0 aliphatic carbocycles. The van der Waals surface area contributed by atoms with Crippen LogP contribution in [0.1, 0.15) is 26.6 Å². The van der Waals surface area contributed by atoms with Crippen LogP contribution in [0.2, 0.25) is 5.02 Å². The molecule has 3 aromatic rings. The van der Waals surface area contributed by atoms with Gasteiger partial charge < -0.3 is 9.42 Å². The van der Waals surface area contributed by atoms with Crippen LogP contribution in [0.4, 0.5) is 0 Å². The Balaban J connectivity index is 1.95. The summed E-state index contributed by atoms with van der Waals surface area (Å²) in [4.78, 5) is 15.8. The number of nitrogens with zero attached hydrogens (tertiary/aromatic N) is 2. The van der Waals surface area contributed by atoms with Gasteiger partial charge in [0.15, 0.2) is 0 Å². The third kappa shape index (κ3) is 3.09. The van der Waals surface area contributed by atoms with Crippen molar-refractivity contribution in [2.45, 2.75) is 20.4 Å². The number of hydrogen-bond donors (Lipinski definition) is 0. The van der Waals surface area contributed by atoms with Crippen LogP contribution in [0.5, 0.6) is 0 Å². The maximum absolute atomic E-state index is 13.0. The lowest BCUT2D eigenvalue weighted by molar-refractivity contribution is 0.0785. The molecular formula is C18H17ClN2O2S. The summed E-state index contributed by atoms with van der Waals surface area (Å²) < 4.78 is 5.28. The van der Waals surface area contributed by atoms with Crippen molar-refractivity contribution in [2.75, 3.05) is 7.05 Å². The summed E-state index contributed by atoms with van der Waals surface area (Å²) in [5.41, 5.74) is 2.82. The van der Waals surface area contributed by atoms with Crippen molar-refractivity contribution in [1.82, 2.24) is 10.1 Å². The fraction of sp³-hybridized carbons (Fsp3) is 0.222. The van der Waals surface area contributed by atoms with Crippen molar-refractivity contribution in [3.63, 3.8) is 0 Å². The van der Waals surface area contributed by atoms with Gasteiger partial charge in [0.1, 0.15) is 17.0 Å². The van der Waals surface area contributed by atoms with E-state index in [-0.39, 0.29) is 5.91 Å². The van der Waals surface area contributed by atoms with Crippen LogP contribution in [0, 0.1) is 13.8 Å². The Hall–Kier alpha value is -2.11. The molecule has 0 aliphatic rings. The van der Waals surface area contributed by atoms with Crippen LogP contribution in [0.25, 0.3) is 11.3 Å². The second-order valence-electron chi connectivity index (χ2n) is 5.63. The summed E-state index contributed by atoms with van der Waals surface area (Å²) in [5, 5.41) is 6.63. The third-order valence-corrected chi connectivity index (χ3v) is 5.24. The van der Waals surface area contributed by atoms with Gasteiger partial charge in [-0.3, -0.25) is 4.79 Å². The number of carbonyl (C=O) groups is 1. The van der Waals surface area contributed by atoms with Crippen molar-refractivity contribution >= 4 is 28.8 Å². The molecule has 0 N–H and O–H groups in total. The van der Waals surface area contributed by atoms with E-state index in [0.717, 1.165) is 0 Å². The highest BCUT2D eigenvalue weighted by Crippen LogP contribution is 2.32. The summed E-state index contributed by atoms with van der Waals surface area (Å²) in [5.74, 6) is 0.362. The molecule has 24 heavy (non-hydrogen) atoms. The van der Waals surface area contributed by atoms with Crippen molar-refractivity contribution in [3.05, 3.63) is 62.5 Å². The molecule has 0 spiro atoms. The average Bonchev–Trinajstić information content (AvgIpc) is 3.13. The number of aryl methyl sites for hydroxylation is 2. The van der Waals surface area contributed by atoms with Crippen LogP contribution in [-0.4, -0.2) is 23.0 Å². The molecule has 4 nitrogen and oxygen atoms in total. The highest BCUT2D eigenvalue weighted by molar-refractivity contribution is 7.10. The molecule has 124 valence electrons. The first-order valence-electron chi connectivity index (χ1n) is 7.48. The predicted octanol–water partition coefficient (Wildman–Crippen LogP) is 4.95. The van der Waals surface area contributed by atoms with Gasteiger partial charge in [-0.25, -0.2) is 0 Å². The smallest absolute Gasteiger partial charge is 0.259 e. The largest absolute Gasteiger partial charge is 0.360 e. The Bertz CT molecular complexity index is 885. The zero-order chi connectivity index (χ0) is 17.3. The Morgan fingerprint density at radius 2 is 2.04 bits per heavy atom. The zero-order valence-corrected chi connectivity index (χ0v) is 15.2. The molecule has 0 saturated carbocycles. The average molecular weight is 361 g/mol. The summed E-state index contributed by atoms with van der Waals surface area (Å²) >= 11 is 7.90. The van der Waals surface area contributed by atoms with Crippen LogP contribution in [-0.2, 0) is 6.54 Å². The molecule has 0 bridgehead atoms. The highest BCUT2D eigenvalue weighted by atomic mass is 35.5. The Labute approximate surface area is 149 Å². The SMILES string of the molecule is Cc1ccsc1CN(C)C(=O)c1c(-c2ccccc2Cl)noc1C. The van der Waals surface area contributed by atoms with E-state index in [2.05, 4.69) is 11.2 Å². The molecule has 0 unspecified atom stereocenters. The fourth-order valence-electron chi connectivity index (χ4n) is 2.51. The summed E-state index contributed by atoms with van der Waals surface area (Å²) in [6.45, 7) is 4.34. The lowest BCUT2D eigenvalue weighted by Gasteiger charge is -2.17.